The van der Waals surface area contributed by atoms with Gasteiger partial charge in [-0.15, -0.1) is 0 Å². The van der Waals surface area contributed by atoms with Crippen molar-refractivity contribution in [1.82, 2.24) is 4.98 Å². The Morgan fingerprint density at radius 1 is 1.25 bits per heavy atom. The number of pyridine rings is 1. The molecule has 0 saturated carbocycles. The Kier molecular flexibility index (Phi) is 4.20. The molecular formula is C15H16N2O3. The van der Waals surface area contributed by atoms with Gasteiger partial charge in [-0.1, -0.05) is 18.2 Å². The summed E-state index contributed by atoms with van der Waals surface area (Å²) in [5.41, 5.74) is 6.93. The molecule has 0 fully saturated rings. The second kappa shape index (κ2) is 6.06. The van der Waals surface area contributed by atoms with Crippen molar-refractivity contribution in [3.63, 3.8) is 0 Å². The van der Waals surface area contributed by atoms with Crippen molar-refractivity contribution in [2.24, 2.45) is 5.73 Å². The number of benzene rings is 1. The van der Waals surface area contributed by atoms with Crippen LogP contribution in [0.5, 0.6) is 11.6 Å². The number of amides is 1. The summed E-state index contributed by atoms with van der Waals surface area (Å²) >= 11 is 0. The Morgan fingerprint density at radius 3 is 2.60 bits per heavy atom. The van der Waals surface area contributed by atoms with Gasteiger partial charge in [0.15, 0.2) is 6.10 Å². The lowest BCUT2D eigenvalue weighted by molar-refractivity contribution is -0.123. The number of carbonyl (C=O) groups excluding carboxylic acids is 1. The molecule has 0 saturated heterocycles. The van der Waals surface area contributed by atoms with Crippen LogP contribution in [0, 0.1) is 0 Å². The second-order valence-corrected chi connectivity index (χ2v) is 4.25. The minimum Gasteiger partial charge on any atom is -0.481 e. The SMILES string of the molecule is COc1ccc(-c2ccccc2OC(C)C(N)=O)cn1. The number of nitrogens with zero attached hydrogens (tertiary/aromatic N) is 1. The smallest absolute Gasteiger partial charge is 0.258 e. The van der Waals surface area contributed by atoms with Crippen molar-refractivity contribution in [1.29, 1.82) is 0 Å². The number of ether oxygens (including phenoxy) is 2. The predicted molar refractivity (Wildman–Crippen MR) is 75.5 cm³/mol. The van der Waals surface area contributed by atoms with Gasteiger partial charge in [-0.3, -0.25) is 4.79 Å². The number of para-hydroxylation sites is 1. The maximum Gasteiger partial charge on any atom is 0.258 e. The Morgan fingerprint density at radius 2 is 2.00 bits per heavy atom. The predicted octanol–water partition coefficient (Wildman–Crippen LogP) is 2.01. The number of rotatable bonds is 5. The van der Waals surface area contributed by atoms with Crippen molar-refractivity contribution >= 4 is 5.91 Å². The molecule has 0 aliphatic carbocycles. The summed E-state index contributed by atoms with van der Waals surface area (Å²) in [6, 6.07) is 11.1. The van der Waals surface area contributed by atoms with Gasteiger partial charge in [0, 0.05) is 23.4 Å². The molecule has 1 amide bonds. The van der Waals surface area contributed by atoms with E-state index in [4.69, 9.17) is 15.2 Å². The van der Waals surface area contributed by atoms with Gasteiger partial charge < -0.3 is 15.2 Å². The average Bonchev–Trinajstić information content (AvgIpc) is 2.48. The second-order valence-electron chi connectivity index (χ2n) is 4.25. The van der Waals surface area contributed by atoms with Crippen molar-refractivity contribution in [3.05, 3.63) is 42.6 Å². The van der Waals surface area contributed by atoms with Crippen LogP contribution in [-0.2, 0) is 4.79 Å². The van der Waals surface area contributed by atoms with E-state index in [0.29, 0.717) is 11.6 Å². The van der Waals surface area contributed by atoms with Gasteiger partial charge in [0.2, 0.25) is 5.88 Å². The summed E-state index contributed by atoms with van der Waals surface area (Å²) in [5.74, 6) is 0.621. The molecule has 1 aromatic heterocycles. The van der Waals surface area contributed by atoms with Crippen molar-refractivity contribution in [3.8, 4) is 22.8 Å². The number of hydrogen-bond donors (Lipinski definition) is 1. The van der Waals surface area contributed by atoms with Crippen LogP contribution in [0.2, 0.25) is 0 Å². The maximum atomic E-state index is 11.1. The van der Waals surface area contributed by atoms with Gasteiger partial charge in [0.25, 0.3) is 5.91 Å². The molecule has 1 atom stereocenters. The van der Waals surface area contributed by atoms with Gasteiger partial charge in [0.05, 0.1) is 7.11 Å². The average molecular weight is 272 g/mol. The third-order valence-corrected chi connectivity index (χ3v) is 2.85. The topological polar surface area (TPSA) is 74.4 Å². The van der Waals surface area contributed by atoms with E-state index < -0.39 is 12.0 Å². The molecule has 1 aromatic carbocycles. The minimum atomic E-state index is -0.692. The lowest BCUT2D eigenvalue weighted by atomic mass is 10.1. The van der Waals surface area contributed by atoms with E-state index in [1.165, 1.54) is 0 Å². The largest absolute Gasteiger partial charge is 0.481 e. The highest BCUT2D eigenvalue weighted by atomic mass is 16.5. The summed E-state index contributed by atoms with van der Waals surface area (Å²) in [6.45, 7) is 1.62. The number of aromatic nitrogens is 1. The first-order chi connectivity index (χ1) is 9.61. The molecule has 2 N–H and O–H groups in total. The first kappa shape index (κ1) is 13.9. The van der Waals surface area contributed by atoms with E-state index in [9.17, 15) is 4.79 Å². The zero-order chi connectivity index (χ0) is 14.5. The molecule has 1 heterocycles. The zero-order valence-corrected chi connectivity index (χ0v) is 11.4. The summed E-state index contributed by atoms with van der Waals surface area (Å²) in [5, 5.41) is 0. The Bertz CT molecular complexity index is 596. The Hall–Kier alpha value is -2.56. The van der Waals surface area contributed by atoms with E-state index in [-0.39, 0.29) is 0 Å². The van der Waals surface area contributed by atoms with Gasteiger partial charge in [-0.25, -0.2) is 4.98 Å². The van der Waals surface area contributed by atoms with E-state index in [0.717, 1.165) is 11.1 Å². The molecule has 5 nitrogen and oxygen atoms in total. The number of methoxy groups -OCH3 is 1. The lowest BCUT2D eigenvalue weighted by Crippen LogP contribution is -2.30. The molecule has 5 heteroatoms. The number of hydrogen-bond acceptors (Lipinski definition) is 4. The van der Waals surface area contributed by atoms with Gasteiger partial charge in [-0.05, 0) is 19.1 Å². The standard InChI is InChI=1S/C15H16N2O3/c1-10(15(16)18)20-13-6-4-3-5-12(13)11-7-8-14(19-2)17-9-11/h3-10H,1-2H3,(H2,16,18). The van der Waals surface area contributed by atoms with Crippen LogP contribution in [0.1, 0.15) is 6.92 Å². The van der Waals surface area contributed by atoms with Crippen LogP contribution in [0.4, 0.5) is 0 Å². The highest BCUT2D eigenvalue weighted by Crippen LogP contribution is 2.30. The van der Waals surface area contributed by atoms with Crippen LogP contribution in [0.15, 0.2) is 42.6 Å². The van der Waals surface area contributed by atoms with E-state index in [1.54, 1.807) is 32.4 Å². The number of primary amides is 1. The van der Waals surface area contributed by atoms with Crippen LogP contribution in [-0.4, -0.2) is 24.1 Å². The summed E-state index contributed by atoms with van der Waals surface area (Å²) < 4.78 is 10.6. The molecule has 0 radical (unpaired) electrons. The van der Waals surface area contributed by atoms with E-state index in [2.05, 4.69) is 4.98 Å². The number of nitrogens with two attached hydrogens (primary N) is 1. The maximum absolute atomic E-state index is 11.1. The Balaban J connectivity index is 2.33. The lowest BCUT2D eigenvalue weighted by Gasteiger charge is -2.15. The zero-order valence-electron chi connectivity index (χ0n) is 11.4. The fourth-order valence-corrected chi connectivity index (χ4v) is 1.72. The van der Waals surface area contributed by atoms with Crippen LogP contribution < -0.4 is 15.2 Å². The Labute approximate surface area is 117 Å². The third-order valence-electron chi connectivity index (χ3n) is 2.85. The first-order valence-corrected chi connectivity index (χ1v) is 6.17. The van der Waals surface area contributed by atoms with Crippen LogP contribution in [0.3, 0.4) is 0 Å². The van der Waals surface area contributed by atoms with Crippen molar-refractivity contribution in [2.45, 2.75) is 13.0 Å². The molecule has 0 bridgehead atoms. The third kappa shape index (κ3) is 3.06. The minimum absolute atomic E-state index is 0.507. The van der Waals surface area contributed by atoms with Gasteiger partial charge >= 0.3 is 0 Å². The molecule has 104 valence electrons. The molecule has 0 aliphatic rings. The van der Waals surface area contributed by atoms with Crippen LogP contribution >= 0.6 is 0 Å². The molecule has 0 spiro atoms. The quantitative estimate of drug-likeness (QED) is 0.903. The number of carbonyl (C=O) groups is 1. The van der Waals surface area contributed by atoms with Crippen LogP contribution in [0.25, 0.3) is 11.1 Å². The van der Waals surface area contributed by atoms with E-state index >= 15 is 0 Å². The molecule has 1 unspecified atom stereocenters. The molecule has 2 rings (SSSR count). The van der Waals surface area contributed by atoms with Gasteiger partial charge in [-0.2, -0.15) is 0 Å². The van der Waals surface area contributed by atoms with Gasteiger partial charge in [0.1, 0.15) is 5.75 Å². The normalized spacial score (nSPS) is 11.7. The highest BCUT2D eigenvalue weighted by Gasteiger charge is 2.13. The van der Waals surface area contributed by atoms with E-state index in [1.807, 2.05) is 24.3 Å². The van der Waals surface area contributed by atoms with Crippen molar-refractivity contribution in [2.75, 3.05) is 7.11 Å². The highest BCUT2D eigenvalue weighted by molar-refractivity contribution is 5.79. The summed E-state index contributed by atoms with van der Waals surface area (Å²) in [7, 11) is 1.56. The molecular weight excluding hydrogens is 256 g/mol. The molecule has 20 heavy (non-hydrogen) atoms. The monoisotopic (exact) mass is 272 g/mol. The molecule has 2 aromatic rings. The fraction of sp³-hybridized carbons (Fsp3) is 0.200. The summed E-state index contributed by atoms with van der Waals surface area (Å²) in [6.07, 6.45) is 0.998. The van der Waals surface area contributed by atoms with Crippen molar-refractivity contribution < 1.29 is 14.3 Å². The summed E-state index contributed by atoms with van der Waals surface area (Å²) in [4.78, 5) is 15.3. The fourth-order valence-electron chi connectivity index (χ4n) is 1.72. The first-order valence-electron chi connectivity index (χ1n) is 6.17. The molecule has 0 aliphatic heterocycles.